The van der Waals surface area contributed by atoms with Crippen LogP contribution in [-0.4, -0.2) is 43.3 Å². The third kappa shape index (κ3) is 26.4. The number of nitrogens with zero attached hydrogens (tertiary/aromatic N) is 1. The highest BCUT2D eigenvalue weighted by Gasteiger charge is 2.15. The molecule has 0 unspecified atom stereocenters. The van der Waals surface area contributed by atoms with Crippen LogP contribution in [0.3, 0.4) is 0 Å². The van der Waals surface area contributed by atoms with Crippen LogP contribution in [0.4, 0.5) is 5.69 Å². The summed E-state index contributed by atoms with van der Waals surface area (Å²) in [4.78, 5) is 56.4. The average molecular weight is 1140 g/mol. The number of ether oxygens (including phenoxy) is 6. The maximum absolute atomic E-state index is 13.1. The molecular weight excluding hydrogens is 1050 g/mol. The van der Waals surface area contributed by atoms with Crippen molar-refractivity contribution in [1.82, 2.24) is 0 Å². The number of esters is 4. The van der Waals surface area contributed by atoms with Crippen molar-refractivity contribution >= 4 is 35.8 Å². The zero-order valence-electron chi connectivity index (χ0n) is 50.2. The van der Waals surface area contributed by atoms with Gasteiger partial charge in [-0.05, 0) is 152 Å². The Labute approximate surface area is 500 Å². The summed E-state index contributed by atoms with van der Waals surface area (Å²) in [7, 11) is 0. The van der Waals surface area contributed by atoms with Crippen LogP contribution in [0, 0.1) is 0 Å². The molecule has 0 amide bonds. The summed E-state index contributed by atoms with van der Waals surface area (Å²) in [5, 5.41) is 0. The number of aliphatic imine (C=N–C) groups is 1. The van der Waals surface area contributed by atoms with Crippen molar-refractivity contribution in [3.8, 4) is 34.5 Å². The molecule has 0 N–H and O–H groups in total. The van der Waals surface area contributed by atoms with Gasteiger partial charge in [0.05, 0.1) is 41.2 Å². The van der Waals surface area contributed by atoms with E-state index in [0.29, 0.717) is 58.8 Å². The molecule has 0 aliphatic carbocycles. The molecule has 0 saturated carbocycles. The fourth-order valence-electron chi connectivity index (χ4n) is 9.73. The molecule has 0 bridgehead atoms. The van der Waals surface area contributed by atoms with Gasteiger partial charge in [-0.15, -0.1) is 0 Å². The van der Waals surface area contributed by atoms with Crippen molar-refractivity contribution in [1.29, 1.82) is 0 Å². The minimum absolute atomic E-state index is 0.274. The second-order valence-electron chi connectivity index (χ2n) is 21.9. The molecule has 0 heterocycles. The van der Waals surface area contributed by atoms with Crippen LogP contribution in [0.15, 0.2) is 151 Å². The lowest BCUT2D eigenvalue weighted by molar-refractivity contribution is 0.0720. The third-order valence-electron chi connectivity index (χ3n) is 14.8. The summed E-state index contributed by atoms with van der Waals surface area (Å²) >= 11 is 0. The lowest BCUT2D eigenvalue weighted by Crippen LogP contribution is -2.10. The third-order valence-corrected chi connectivity index (χ3v) is 14.8. The molecule has 0 aliphatic heterocycles. The SMILES string of the molecule is CCCCCCCCCCCCCCCCOc1ccc(C(=O)Oc2ccc(C(=O)Oc3ccc(C=Nc4cccc(OC(=O)c5ccc(OC(=O)c6ccc(OCCCCCCCCCCCCCCCC)cc6)cc5)c4)cc3)cc2)cc1. The summed E-state index contributed by atoms with van der Waals surface area (Å²) in [5.41, 5.74) is 2.62. The quantitative estimate of drug-likeness (QED) is 0.0158. The van der Waals surface area contributed by atoms with Crippen molar-refractivity contribution < 1.29 is 47.6 Å². The van der Waals surface area contributed by atoms with Gasteiger partial charge in [0.1, 0.15) is 34.5 Å². The molecule has 0 fully saturated rings. The molecule has 0 aromatic heterocycles. The Morgan fingerprint density at radius 3 is 0.905 bits per heavy atom. The first-order valence-electron chi connectivity index (χ1n) is 31.5. The van der Waals surface area contributed by atoms with E-state index in [0.717, 1.165) is 31.2 Å². The first kappa shape index (κ1) is 65.6. The molecule has 6 aromatic carbocycles. The fraction of sp³-hybridized carbons (Fsp3) is 0.438. The van der Waals surface area contributed by atoms with Crippen LogP contribution < -0.4 is 28.4 Å². The zero-order valence-corrected chi connectivity index (χ0v) is 50.2. The minimum Gasteiger partial charge on any atom is -0.494 e. The van der Waals surface area contributed by atoms with Gasteiger partial charge >= 0.3 is 23.9 Å². The smallest absolute Gasteiger partial charge is 0.343 e. The molecule has 448 valence electrons. The van der Waals surface area contributed by atoms with Crippen LogP contribution in [0.25, 0.3) is 0 Å². The average Bonchev–Trinajstić information content (AvgIpc) is 3.55. The lowest BCUT2D eigenvalue weighted by atomic mass is 10.0. The molecule has 6 aromatic rings. The number of carbonyl (C=O) groups is 4. The van der Waals surface area contributed by atoms with Gasteiger partial charge in [-0.2, -0.15) is 0 Å². The van der Waals surface area contributed by atoms with Crippen LogP contribution in [-0.2, 0) is 0 Å². The van der Waals surface area contributed by atoms with Gasteiger partial charge in [0, 0.05) is 12.3 Å². The molecular formula is C73H91NO10. The second kappa shape index (κ2) is 39.9. The Balaban J connectivity index is 0.819. The monoisotopic (exact) mass is 1140 g/mol. The Morgan fingerprint density at radius 2 is 0.583 bits per heavy atom. The molecule has 0 atom stereocenters. The highest BCUT2D eigenvalue weighted by atomic mass is 16.5. The number of rotatable bonds is 42. The van der Waals surface area contributed by atoms with Gasteiger partial charge < -0.3 is 28.4 Å². The van der Waals surface area contributed by atoms with Gasteiger partial charge in [0.2, 0.25) is 0 Å². The van der Waals surface area contributed by atoms with E-state index in [1.165, 1.54) is 166 Å². The Hall–Kier alpha value is -7.53. The summed E-state index contributed by atoms with van der Waals surface area (Å²) in [6.45, 7) is 5.82. The highest BCUT2D eigenvalue weighted by Crippen LogP contribution is 2.25. The predicted octanol–water partition coefficient (Wildman–Crippen LogP) is 20.0. The maximum Gasteiger partial charge on any atom is 0.343 e. The number of benzene rings is 6. The van der Waals surface area contributed by atoms with Crippen LogP contribution >= 0.6 is 0 Å². The predicted molar refractivity (Wildman–Crippen MR) is 337 cm³/mol. The van der Waals surface area contributed by atoms with Gasteiger partial charge in [-0.3, -0.25) is 4.99 Å². The van der Waals surface area contributed by atoms with Gasteiger partial charge in [-0.1, -0.05) is 187 Å². The summed E-state index contributed by atoms with van der Waals surface area (Å²) in [6, 6.07) is 39.8. The first-order valence-corrected chi connectivity index (χ1v) is 31.5. The van der Waals surface area contributed by atoms with Crippen molar-refractivity contribution in [2.45, 2.75) is 194 Å². The molecule has 0 aliphatic rings. The fourth-order valence-corrected chi connectivity index (χ4v) is 9.73. The van der Waals surface area contributed by atoms with E-state index in [1.54, 1.807) is 140 Å². The molecule has 84 heavy (non-hydrogen) atoms. The summed E-state index contributed by atoms with van der Waals surface area (Å²) in [5.74, 6) is 0.452. The van der Waals surface area contributed by atoms with E-state index in [-0.39, 0.29) is 16.9 Å². The number of hydrogen-bond donors (Lipinski definition) is 0. The Bertz CT molecular complexity index is 2820. The molecule has 11 heteroatoms. The molecule has 0 spiro atoms. The lowest BCUT2D eigenvalue weighted by Gasteiger charge is -2.09. The van der Waals surface area contributed by atoms with Crippen molar-refractivity contribution in [2.24, 2.45) is 4.99 Å². The van der Waals surface area contributed by atoms with Crippen LogP contribution in [0.1, 0.15) is 241 Å². The molecule has 6 rings (SSSR count). The number of unbranched alkanes of at least 4 members (excludes halogenated alkanes) is 26. The summed E-state index contributed by atoms with van der Waals surface area (Å²) in [6.07, 6.45) is 38.4. The van der Waals surface area contributed by atoms with Gasteiger partial charge in [0.15, 0.2) is 0 Å². The van der Waals surface area contributed by atoms with E-state index in [9.17, 15) is 19.2 Å². The van der Waals surface area contributed by atoms with E-state index < -0.39 is 23.9 Å². The Kier molecular flexibility index (Phi) is 31.1. The van der Waals surface area contributed by atoms with Crippen LogP contribution in [0.2, 0.25) is 0 Å². The van der Waals surface area contributed by atoms with Crippen molar-refractivity contribution in [3.63, 3.8) is 0 Å². The number of hydrogen-bond acceptors (Lipinski definition) is 11. The molecule has 11 nitrogen and oxygen atoms in total. The minimum atomic E-state index is -0.587. The van der Waals surface area contributed by atoms with Crippen LogP contribution in [0.5, 0.6) is 34.5 Å². The number of carbonyl (C=O) groups excluding carboxylic acids is 4. The van der Waals surface area contributed by atoms with E-state index >= 15 is 0 Å². The maximum atomic E-state index is 13.1. The summed E-state index contributed by atoms with van der Waals surface area (Å²) < 4.78 is 34.2. The van der Waals surface area contributed by atoms with Crippen molar-refractivity contribution in [2.75, 3.05) is 13.2 Å². The molecule has 0 radical (unpaired) electrons. The zero-order chi connectivity index (χ0) is 59.1. The van der Waals surface area contributed by atoms with E-state index in [2.05, 4.69) is 18.8 Å². The standard InChI is InChI=1S/C73H91NO10/c1-3-5-7-9-11-13-15-17-19-21-23-25-27-29-54-79-64-46-36-59(37-47-64)70(75)82-67-50-40-61(41-51-67)72(77)81-66-44-34-58(35-45-66)57-74-63-32-31-33-69(56-63)84-73(78)62-42-52-68(53-43-62)83-71(76)60-38-48-65(49-39-60)80-55-30-28-26-24-22-20-18-16-14-12-10-8-6-4-2/h31-53,56-57H,3-30,54-55H2,1-2H3. The van der Waals surface area contributed by atoms with E-state index in [1.807, 2.05) is 0 Å². The molecule has 0 saturated heterocycles. The normalized spacial score (nSPS) is 11.1. The largest absolute Gasteiger partial charge is 0.494 e. The van der Waals surface area contributed by atoms with E-state index in [4.69, 9.17) is 28.4 Å². The highest BCUT2D eigenvalue weighted by molar-refractivity contribution is 5.94. The Morgan fingerprint density at radius 1 is 0.310 bits per heavy atom. The first-order chi connectivity index (χ1) is 41.3. The van der Waals surface area contributed by atoms with Crippen molar-refractivity contribution in [3.05, 3.63) is 173 Å². The van der Waals surface area contributed by atoms with Gasteiger partial charge in [-0.25, -0.2) is 19.2 Å². The van der Waals surface area contributed by atoms with Gasteiger partial charge in [0.25, 0.3) is 0 Å². The topological polar surface area (TPSA) is 136 Å². The second-order valence-corrected chi connectivity index (χ2v) is 21.9.